The van der Waals surface area contributed by atoms with Gasteiger partial charge in [0.05, 0.1) is 17.1 Å². The summed E-state index contributed by atoms with van der Waals surface area (Å²) in [5.74, 6) is 0. The first-order valence-electron chi connectivity index (χ1n) is 5.07. The van der Waals surface area contributed by atoms with Crippen molar-refractivity contribution in [2.75, 3.05) is 5.43 Å². The van der Waals surface area contributed by atoms with Crippen LogP contribution in [0.1, 0.15) is 0 Å². The SMILES string of the molecule is NC(=S)Nn1ccc2c(cnc3ccnn32)c1=O. The van der Waals surface area contributed by atoms with Crippen LogP contribution in [-0.2, 0) is 0 Å². The van der Waals surface area contributed by atoms with Gasteiger partial charge in [0.15, 0.2) is 10.8 Å². The molecule has 0 aliphatic rings. The lowest BCUT2D eigenvalue weighted by Gasteiger charge is -2.08. The highest BCUT2D eigenvalue weighted by Crippen LogP contribution is 2.09. The van der Waals surface area contributed by atoms with Crippen molar-refractivity contribution in [2.24, 2.45) is 5.73 Å². The average molecular weight is 260 g/mol. The van der Waals surface area contributed by atoms with Crippen molar-refractivity contribution in [3.63, 3.8) is 0 Å². The van der Waals surface area contributed by atoms with Gasteiger partial charge >= 0.3 is 0 Å². The molecule has 18 heavy (non-hydrogen) atoms. The van der Waals surface area contributed by atoms with Crippen LogP contribution in [0.25, 0.3) is 16.6 Å². The molecule has 90 valence electrons. The van der Waals surface area contributed by atoms with Crippen LogP contribution in [-0.4, -0.2) is 24.4 Å². The zero-order chi connectivity index (χ0) is 12.7. The molecular formula is C10H8N6OS. The van der Waals surface area contributed by atoms with Gasteiger partial charge < -0.3 is 5.73 Å². The number of hydrogen-bond donors (Lipinski definition) is 2. The number of aromatic nitrogens is 4. The summed E-state index contributed by atoms with van der Waals surface area (Å²) in [6.07, 6.45) is 4.68. The first kappa shape index (κ1) is 10.7. The molecule has 8 heteroatoms. The molecule has 0 amide bonds. The van der Waals surface area contributed by atoms with Gasteiger partial charge in [0.2, 0.25) is 0 Å². The summed E-state index contributed by atoms with van der Waals surface area (Å²) >= 11 is 4.70. The summed E-state index contributed by atoms with van der Waals surface area (Å²) in [5, 5.41) is 4.56. The molecule has 0 saturated heterocycles. The Morgan fingerprint density at radius 3 is 3.06 bits per heavy atom. The second-order valence-electron chi connectivity index (χ2n) is 3.63. The Kier molecular flexibility index (Phi) is 2.23. The van der Waals surface area contributed by atoms with Crippen LogP contribution in [0.5, 0.6) is 0 Å². The maximum absolute atomic E-state index is 12.1. The molecule has 0 radical (unpaired) electrons. The smallest absolute Gasteiger partial charge is 0.280 e. The lowest BCUT2D eigenvalue weighted by molar-refractivity contribution is 0.914. The van der Waals surface area contributed by atoms with Gasteiger partial charge in [-0.3, -0.25) is 10.2 Å². The largest absolute Gasteiger partial charge is 0.375 e. The Morgan fingerprint density at radius 2 is 2.28 bits per heavy atom. The Balaban J connectivity index is 2.35. The van der Waals surface area contributed by atoms with Gasteiger partial charge in [-0.05, 0) is 18.3 Å². The van der Waals surface area contributed by atoms with Gasteiger partial charge in [0.25, 0.3) is 5.56 Å². The molecule has 7 nitrogen and oxygen atoms in total. The summed E-state index contributed by atoms with van der Waals surface area (Å²) in [6.45, 7) is 0. The quantitative estimate of drug-likeness (QED) is 0.590. The summed E-state index contributed by atoms with van der Waals surface area (Å²) in [7, 11) is 0. The van der Waals surface area contributed by atoms with E-state index in [1.807, 2.05) is 0 Å². The predicted octanol–water partition coefficient (Wildman–Crippen LogP) is -0.169. The van der Waals surface area contributed by atoms with Crippen molar-refractivity contribution in [3.8, 4) is 0 Å². The maximum atomic E-state index is 12.1. The van der Waals surface area contributed by atoms with Crippen molar-refractivity contribution in [3.05, 3.63) is 41.1 Å². The van der Waals surface area contributed by atoms with Crippen LogP contribution in [0, 0.1) is 0 Å². The van der Waals surface area contributed by atoms with Gasteiger partial charge in [-0.25, -0.2) is 14.2 Å². The number of thiocarbonyl (C=S) groups is 1. The number of nitrogens with two attached hydrogens (primary N) is 1. The minimum absolute atomic E-state index is 0.0181. The average Bonchev–Trinajstić information content (AvgIpc) is 2.80. The van der Waals surface area contributed by atoms with Crippen molar-refractivity contribution >= 4 is 33.9 Å². The Morgan fingerprint density at radius 1 is 1.44 bits per heavy atom. The van der Waals surface area contributed by atoms with E-state index in [0.717, 1.165) is 0 Å². The molecule has 3 heterocycles. The van der Waals surface area contributed by atoms with Crippen molar-refractivity contribution in [1.29, 1.82) is 0 Å². The lowest BCUT2D eigenvalue weighted by atomic mass is 10.3. The van der Waals surface area contributed by atoms with E-state index < -0.39 is 0 Å². The van der Waals surface area contributed by atoms with Crippen molar-refractivity contribution in [1.82, 2.24) is 19.3 Å². The van der Waals surface area contributed by atoms with Crippen LogP contribution >= 0.6 is 12.2 Å². The van der Waals surface area contributed by atoms with E-state index in [1.54, 1.807) is 29.0 Å². The van der Waals surface area contributed by atoms with Crippen LogP contribution in [0.3, 0.4) is 0 Å². The van der Waals surface area contributed by atoms with Crippen LogP contribution < -0.4 is 16.7 Å². The predicted molar refractivity (Wildman–Crippen MR) is 70.9 cm³/mol. The molecule has 3 aromatic rings. The molecule has 0 saturated carbocycles. The van der Waals surface area contributed by atoms with Gasteiger partial charge in [0.1, 0.15) is 0 Å². The molecule has 3 rings (SSSR count). The fraction of sp³-hybridized carbons (Fsp3) is 0. The van der Waals surface area contributed by atoms with Crippen LogP contribution in [0.2, 0.25) is 0 Å². The zero-order valence-electron chi connectivity index (χ0n) is 9.07. The minimum Gasteiger partial charge on any atom is -0.375 e. The van der Waals surface area contributed by atoms with E-state index in [-0.39, 0.29) is 10.7 Å². The molecule has 0 atom stereocenters. The van der Waals surface area contributed by atoms with Crippen LogP contribution in [0.15, 0.2) is 35.5 Å². The number of hydrogen-bond acceptors (Lipinski definition) is 4. The minimum atomic E-state index is -0.287. The highest BCUT2D eigenvalue weighted by molar-refractivity contribution is 7.80. The lowest BCUT2D eigenvalue weighted by Crippen LogP contribution is -2.35. The van der Waals surface area contributed by atoms with Gasteiger partial charge in [-0.1, -0.05) is 0 Å². The van der Waals surface area contributed by atoms with E-state index in [0.29, 0.717) is 16.6 Å². The number of nitrogens with zero attached hydrogens (tertiary/aromatic N) is 4. The third-order valence-corrected chi connectivity index (χ3v) is 2.61. The zero-order valence-corrected chi connectivity index (χ0v) is 9.89. The van der Waals surface area contributed by atoms with Crippen LogP contribution in [0.4, 0.5) is 0 Å². The molecule has 0 aliphatic heterocycles. The normalized spacial score (nSPS) is 10.9. The fourth-order valence-electron chi connectivity index (χ4n) is 1.77. The Bertz CT molecular complexity index is 820. The van der Waals surface area contributed by atoms with E-state index in [9.17, 15) is 4.79 Å². The highest BCUT2D eigenvalue weighted by atomic mass is 32.1. The maximum Gasteiger partial charge on any atom is 0.280 e. The molecule has 0 spiro atoms. The third kappa shape index (κ3) is 1.51. The third-order valence-electron chi connectivity index (χ3n) is 2.51. The standard InChI is InChI=1S/C10H8N6OS/c11-10(18)14-15-4-2-7-6(9(15)17)5-12-8-1-3-13-16(7)8/h1-5H,(H3,11,14,18). The molecule has 0 unspecified atom stereocenters. The van der Waals surface area contributed by atoms with E-state index >= 15 is 0 Å². The van der Waals surface area contributed by atoms with Gasteiger partial charge in [-0.2, -0.15) is 5.10 Å². The van der Waals surface area contributed by atoms with Crippen molar-refractivity contribution < 1.29 is 0 Å². The summed E-state index contributed by atoms with van der Waals surface area (Å²) < 4.78 is 2.81. The highest BCUT2D eigenvalue weighted by Gasteiger charge is 2.07. The Hall–Kier alpha value is -2.48. The summed E-state index contributed by atoms with van der Waals surface area (Å²) in [6, 6.07) is 3.50. The number of rotatable bonds is 1. The van der Waals surface area contributed by atoms with Gasteiger partial charge in [0, 0.05) is 18.5 Å². The second-order valence-corrected chi connectivity index (χ2v) is 4.07. The second kappa shape index (κ2) is 3.77. The van der Waals surface area contributed by atoms with E-state index in [4.69, 9.17) is 18.0 Å². The summed E-state index contributed by atoms with van der Waals surface area (Å²) in [5.41, 5.74) is 8.97. The number of nitrogens with one attached hydrogen (secondary N) is 1. The first-order valence-corrected chi connectivity index (χ1v) is 5.48. The van der Waals surface area contributed by atoms with Gasteiger partial charge in [-0.15, -0.1) is 0 Å². The molecular weight excluding hydrogens is 252 g/mol. The first-order chi connectivity index (χ1) is 8.66. The topological polar surface area (TPSA) is 90.2 Å². The number of fused-ring (bicyclic) bond motifs is 3. The molecule has 0 fully saturated rings. The van der Waals surface area contributed by atoms with Crippen molar-refractivity contribution in [2.45, 2.75) is 0 Å². The number of pyridine rings is 1. The Labute approximate surface area is 106 Å². The van der Waals surface area contributed by atoms with E-state index in [1.165, 1.54) is 10.9 Å². The van der Waals surface area contributed by atoms with E-state index in [2.05, 4.69) is 15.5 Å². The molecule has 3 aromatic heterocycles. The monoisotopic (exact) mass is 260 g/mol. The fourth-order valence-corrected chi connectivity index (χ4v) is 1.86. The molecule has 3 N–H and O–H groups in total. The molecule has 0 aliphatic carbocycles. The summed E-state index contributed by atoms with van der Waals surface area (Å²) in [4.78, 5) is 16.3. The molecule has 0 aromatic carbocycles. The molecule has 0 bridgehead atoms.